The van der Waals surface area contributed by atoms with Gasteiger partial charge in [-0.3, -0.25) is 4.79 Å². The third-order valence-corrected chi connectivity index (χ3v) is 3.14. The molecule has 0 radical (unpaired) electrons. The van der Waals surface area contributed by atoms with Crippen LogP contribution in [0.1, 0.15) is 25.4 Å². The molecule has 2 heterocycles. The molecule has 0 spiro atoms. The summed E-state index contributed by atoms with van der Waals surface area (Å²) in [7, 11) is 0. The minimum Gasteiger partial charge on any atom is -0.384 e. The molecule has 0 aliphatic carbocycles. The SMILES string of the molecule is CC(C)(O)c1cn(Cc2nc3ccccc3c(=O)[nH]2)nn1. The van der Waals surface area contributed by atoms with Gasteiger partial charge in [-0.1, -0.05) is 17.3 Å². The van der Waals surface area contributed by atoms with Crippen LogP contribution in [0.3, 0.4) is 0 Å². The van der Waals surface area contributed by atoms with E-state index in [1.165, 1.54) is 4.68 Å². The summed E-state index contributed by atoms with van der Waals surface area (Å²) in [6.45, 7) is 3.55. The number of aliphatic hydroxyl groups is 1. The van der Waals surface area contributed by atoms with Gasteiger partial charge in [-0.2, -0.15) is 0 Å². The van der Waals surface area contributed by atoms with Crippen molar-refractivity contribution in [1.82, 2.24) is 25.0 Å². The molecule has 0 aliphatic heterocycles. The van der Waals surface area contributed by atoms with Crippen molar-refractivity contribution in [3.63, 3.8) is 0 Å². The van der Waals surface area contributed by atoms with Crippen molar-refractivity contribution < 1.29 is 5.11 Å². The van der Waals surface area contributed by atoms with Crippen LogP contribution in [0.15, 0.2) is 35.3 Å². The number of fused-ring (bicyclic) bond motifs is 1. The molecule has 0 amide bonds. The maximum absolute atomic E-state index is 12.0. The summed E-state index contributed by atoms with van der Waals surface area (Å²) in [6.07, 6.45) is 1.63. The summed E-state index contributed by atoms with van der Waals surface area (Å²) in [5.74, 6) is 0.492. The second kappa shape index (κ2) is 4.78. The van der Waals surface area contributed by atoms with Gasteiger partial charge in [0.2, 0.25) is 0 Å². The number of aromatic nitrogens is 5. The third-order valence-electron chi connectivity index (χ3n) is 3.14. The van der Waals surface area contributed by atoms with E-state index in [0.29, 0.717) is 22.4 Å². The van der Waals surface area contributed by atoms with Gasteiger partial charge in [-0.05, 0) is 26.0 Å². The van der Waals surface area contributed by atoms with Crippen LogP contribution in [-0.2, 0) is 12.1 Å². The second-order valence-electron chi connectivity index (χ2n) is 5.39. The maximum Gasteiger partial charge on any atom is 0.258 e. The van der Waals surface area contributed by atoms with Gasteiger partial charge in [0, 0.05) is 0 Å². The van der Waals surface area contributed by atoms with Gasteiger partial charge >= 0.3 is 0 Å². The minimum absolute atomic E-state index is 0.182. The zero-order chi connectivity index (χ0) is 15.0. The first-order chi connectivity index (χ1) is 9.93. The fourth-order valence-electron chi connectivity index (χ4n) is 2.02. The van der Waals surface area contributed by atoms with E-state index in [-0.39, 0.29) is 12.1 Å². The summed E-state index contributed by atoms with van der Waals surface area (Å²) in [5, 5.41) is 18.3. The number of para-hydroxylation sites is 1. The lowest BCUT2D eigenvalue weighted by atomic mass is 10.1. The topological polar surface area (TPSA) is 96.7 Å². The van der Waals surface area contributed by atoms with Crippen LogP contribution in [0.2, 0.25) is 0 Å². The molecule has 3 rings (SSSR count). The smallest absolute Gasteiger partial charge is 0.258 e. The van der Waals surface area contributed by atoms with Crippen molar-refractivity contribution >= 4 is 10.9 Å². The molecule has 0 fully saturated rings. The van der Waals surface area contributed by atoms with E-state index in [9.17, 15) is 9.90 Å². The lowest BCUT2D eigenvalue weighted by molar-refractivity contribution is 0.0737. The largest absolute Gasteiger partial charge is 0.384 e. The Balaban J connectivity index is 1.95. The number of aromatic amines is 1. The Labute approximate surface area is 120 Å². The predicted octanol–water partition coefficient (Wildman–Crippen LogP) is 0.790. The number of rotatable bonds is 3. The molecular formula is C14H15N5O2. The normalized spacial score (nSPS) is 12.0. The van der Waals surface area contributed by atoms with Crippen LogP contribution in [0, 0.1) is 0 Å². The van der Waals surface area contributed by atoms with Crippen LogP contribution in [-0.4, -0.2) is 30.1 Å². The Morgan fingerprint density at radius 3 is 2.81 bits per heavy atom. The van der Waals surface area contributed by atoms with Gasteiger partial charge in [-0.25, -0.2) is 9.67 Å². The maximum atomic E-state index is 12.0. The molecule has 0 saturated heterocycles. The molecular weight excluding hydrogens is 270 g/mol. The fourth-order valence-corrected chi connectivity index (χ4v) is 2.02. The first kappa shape index (κ1) is 13.4. The van der Waals surface area contributed by atoms with Gasteiger partial charge in [-0.15, -0.1) is 5.10 Å². The lowest BCUT2D eigenvalue weighted by Gasteiger charge is -2.11. The number of nitrogens with one attached hydrogen (secondary N) is 1. The Hall–Kier alpha value is -2.54. The number of H-pyrrole nitrogens is 1. The van der Waals surface area contributed by atoms with E-state index in [2.05, 4.69) is 20.3 Å². The van der Waals surface area contributed by atoms with E-state index in [1.54, 1.807) is 38.2 Å². The molecule has 2 aromatic heterocycles. The molecule has 1 aromatic carbocycles. The van der Waals surface area contributed by atoms with Crippen LogP contribution in [0.4, 0.5) is 0 Å². The summed E-state index contributed by atoms with van der Waals surface area (Å²) in [5.41, 5.74) is -0.134. The summed E-state index contributed by atoms with van der Waals surface area (Å²) < 4.78 is 1.53. The molecule has 7 nitrogen and oxygen atoms in total. The molecule has 7 heteroatoms. The highest BCUT2D eigenvalue weighted by Gasteiger charge is 2.20. The highest BCUT2D eigenvalue weighted by atomic mass is 16.3. The molecule has 3 aromatic rings. The molecule has 2 N–H and O–H groups in total. The summed E-state index contributed by atoms with van der Waals surface area (Å²) >= 11 is 0. The van der Waals surface area contributed by atoms with E-state index in [1.807, 2.05) is 6.07 Å². The zero-order valence-electron chi connectivity index (χ0n) is 11.7. The Kier molecular flexibility index (Phi) is 3.06. The third kappa shape index (κ3) is 2.68. The van der Waals surface area contributed by atoms with Gasteiger partial charge in [0.1, 0.15) is 23.7 Å². The highest BCUT2D eigenvalue weighted by molar-refractivity contribution is 5.77. The average Bonchev–Trinajstić information content (AvgIpc) is 2.87. The Bertz CT molecular complexity index is 844. The fraction of sp³-hybridized carbons (Fsp3) is 0.286. The van der Waals surface area contributed by atoms with Gasteiger partial charge in [0.05, 0.1) is 17.1 Å². The van der Waals surface area contributed by atoms with Gasteiger partial charge in [0.25, 0.3) is 5.56 Å². The quantitative estimate of drug-likeness (QED) is 0.741. The second-order valence-corrected chi connectivity index (χ2v) is 5.39. The molecule has 108 valence electrons. The van der Waals surface area contributed by atoms with Crippen molar-refractivity contribution in [3.8, 4) is 0 Å². The van der Waals surface area contributed by atoms with Crippen LogP contribution >= 0.6 is 0 Å². The highest BCUT2D eigenvalue weighted by Crippen LogP contribution is 2.15. The van der Waals surface area contributed by atoms with E-state index < -0.39 is 5.60 Å². The molecule has 0 atom stereocenters. The van der Waals surface area contributed by atoms with Gasteiger partial charge < -0.3 is 10.1 Å². The van der Waals surface area contributed by atoms with E-state index in [4.69, 9.17) is 0 Å². The molecule has 0 aliphatic rings. The van der Waals surface area contributed by atoms with E-state index in [0.717, 1.165) is 0 Å². The van der Waals surface area contributed by atoms with Gasteiger partial charge in [0.15, 0.2) is 0 Å². The first-order valence-corrected chi connectivity index (χ1v) is 6.54. The van der Waals surface area contributed by atoms with Crippen LogP contribution in [0.5, 0.6) is 0 Å². The van der Waals surface area contributed by atoms with Crippen LogP contribution < -0.4 is 5.56 Å². The molecule has 0 unspecified atom stereocenters. The molecule has 21 heavy (non-hydrogen) atoms. The first-order valence-electron chi connectivity index (χ1n) is 6.54. The summed E-state index contributed by atoms with van der Waals surface area (Å²) in [4.78, 5) is 19.1. The van der Waals surface area contributed by atoms with Crippen molar-refractivity contribution in [1.29, 1.82) is 0 Å². The van der Waals surface area contributed by atoms with Crippen molar-refractivity contribution in [2.75, 3.05) is 0 Å². The van der Waals surface area contributed by atoms with E-state index >= 15 is 0 Å². The van der Waals surface area contributed by atoms with Crippen LogP contribution in [0.25, 0.3) is 10.9 Å². The van der Waals surface area contributed by atoms with Crippen molar-refractivity contribution in [3.05, 3.63) is 52.3 Å². The lowest BCUT2D eigenvalue weighted by Crippen LogP contribution is -2.16. The summed E-state index contributed by atoms with van der Waals surface area (Å²) in [6, 6.07) is 7.15. The Morgan fingerprint density at radius 2 is 2.10 bits per heavy atom. The number of nitrogens with zero attached hydrogens (tertiary/aromatic N) is 4. The number of benzene rings is 1. The number of hydrogen-bond donors (Lipinski definition) is 2. The average molecular weight is 285 g/mol. The molecule has 0 saturated carbocycles. The number of hydrogen-bond acceptors (Lipinski definition) is 5. The van der Waals surface area contributed by atoms with Crippen molar-refractivity contribution in [2.45, 2.75) is 26.0 Å². The standard InChI is InChI=1S/C14H15N5O2/c1-14(2,21)11-7-19(18-17-11)8-12-15-10-6-4-3-5-9(10)13(20)16-12/h3-7,21H,8H2,1-2H3,(H,15,16,20). The monoisotopic (exact) mass is 285 g/mol. The Morgan fingerprint density at radius 1 is 1.33 bits per heavy atom. The van der Waals surface area contributed by atoms with Crippen molar-refractivity contribution in [2.24, 2.45) is 0 Å². The predicted molar refractivity (Wildman–Crippen MR) is 76.7 cm³/mol. The zero-order valence-corrected chi connectivity index (χ0v) is 11.7. The molecule has 0 bridgehead atoms. The minimum atomic E-state index is -1.05.